The predicted octanol–water partition coefficient (Wildman–Crippen LogP) is -2.84. The van der Waals surface area contributed by atoms with Crippen LogP contribution in [0.5, 0.6) is 0 Å². The van der Waals surface area contributed by atoms with Gasteiger partial charge in [0.1, 0.15) is 24.4 Å². The Morgan fingerprint density at radius 3 is 2.28 bits per heavy atom. The van der Waals surface area contributed by atoms with Crippen molar-refractivity contribution in [1.82, 2.24) is 5.32 Å². The van der Waals surface area contributed by atoms with Gasteiger partial charge in [0.2, 0.25) is 5.91 Å². The number of aliphatic hydroxyl groups is 5. The molecule has 1 fully saturated rings. The number of carbonyl (C=O) groups excluding carboxylic acids is 2. The van der Waals surface area contributed by atoms with Crippen molar-refractivity contribution in [3.05, 3.63) is 11.1 Å². The van der Waals surface area contributed by atoms with Crippen molar-refractivity contribution in [2.24, 2.45) is 0 Å². The Labute approximate surface area is 144 Å². The van der Waals surface area contributed by atoms with Gasteiger partial charge in [0.05, 0.1) is 19.8 Å². The average Bonchev–Trinajstić information content (AvgIpc) is 2.54. The molecule has 0 spiro atoms. The fourth-order valence-electron chi connectivity index (χ4n) is 2.83. The number of allylic oxidation sites excluding steroid dienone is 1. The molecule has 0 bridgehead atoms. The molecule has 6 atom stereocenters. The summed E-state index contributed by atoms with van der Waals surface area (Å²) < 4.78 is 9.81. The lowest BCUT2D eigenvalue weighted by molar-refractivity contribution is -0.270. The number of methoxy groups -OCH3 is 1. The summed E-state index contributed by atoms with van der Waals surface area (Å²) >= 11 is 0. The van der Waals surface area contributed by atoms with E-state index in [9.17, 15) is 30.0 Å². The zero-order valence-corrected chi connectivity index (χ0v) is 14.5. The van der Waals surface area contributed by atoms with Crippen molar-refractivity contribution in [2.75, 3.05) is 13.7 Å². The highest BCUT2D eigenvalue weighted by atomic mass is 16.7. The van der Waals surface area contributed by atoms with Crippen molar-refractivity contribution < 1.29 is 44.6 Å². The molecule has 6 N–H and O–H groups in total. The molecule has 10 heteroatoms. The second-order valence-corrected chi connectivity index (χ2v) is 6.04. The van der Waals surface area contributed by atoms with Gasteiger partial charge in [0.15, 0.2) is 0 Å². The first-order valence-corrected chi connectivity index (χ1v) is 7.59. The maximum Gasteiger partial charge on any atom is 0.371 e. The highest BCUT2D eigenvalue weighted by molar-refractivity contribution is 5.82. The summed E-state index contributed by atoms with van der Waals surface area (Å²) in [5, 5.41) is 52.5. The van der Waals surface area contributed by atoms with E-state index in [4.69, 9.17) is 9.84 Å². The zero-order chi connectivity index (χ0) is 19.5. The van der Waals surface area contributed by atoms with Crippen LogP contribution in [0, 0.1) is 0 Å². The maximum absolute atomic E-state index is 12.1. The van der Waals surface area contributed by atoms with Crippen LogP contribution in [0.4, 0.5) is 0 Å². The first kappa shape index (κ1) is 21.5. The van der Waals surface area contributed by atoms with Crippen LogP contribution < -0.4 is 5.32 Å². The van der Waals surface area contributed by atoms with Gasteiger partial charge in [-0.05, 0) is 13.8 Å². The smallest absolute Gasteiger partial charge is 0.371 e. The van der Waals surface area contributed by atoms with Crippen LogP contribution in [0.15, 0.2) is 11.1 Å². The summed E-state index contributed by atoms with van der Waals surface area (Å²) in [4.78, 5) is 23.5. The average molecular weight is 363 g/mol. The molecular weight excluding hydrogens is 338 g/mol. The van der Waals surface area contributed by atoms with Crippen LogP contribution >= 0.6 is 0 Å². The number of aliphatic hydroxyl groups excluding tert-OH is 4. The molecule has 1 aliphatic heterocycles. The van der Waals surface area contributed by atoms with Crippen molar-refractivity contribution in [3.63, 3.8) is 0 Å². The predicted molar refractivity (Wildman–Crippen MR) is 82.9 cm³/mol. The molecule has 1 heterocycles. The molecule has 0 aromatic heterocycles. The van der Waals surface area contributed by atoms with Crippen molar-refractivity contribution in [1.29, 1.82) is 0 Å². The molecule has 10 nitrogen and oxygen atoms in total. The Morgan fingerprint density at radius 1 is 1.32 bits per heavy atom. The van der Waals surface area contributed by atoms with Crippen molar-refractivity contribution >= 4 is 11.9 Å². The minimum atomic E-state index is -2.73. The molecule has 0 aromatic rings. The molecule has 0 aromatic carbocycles. The molecule has 144 valence electrons. The van der Waals surface area contributed by atoms with Crippen LogP contribution in [-0.2, 0) is 19.1 Å². The van der Waals surface area contributed by atoms with Crippen LogP contribution in [0.2, 0.25) is 0 Å². The van der Waals surface area contributed by atoms with Gasteiger partial charge in [0, 0.05) is 12.5 Å². The quantitative estimate of drug-likeness (QED) is 0.223. The Kier molecular flexibility index (Phi) is 7.06. The lowest BCUT2D eigenvalue weighted by Gasteiger charge is -2.47. The molecule has 1 amide bonds. The van der Waals surface area contributed by atoms with Gasteiger partial charge in [-0.15, -0.1) is 0 Å². The molecule has 0 aliphatic carbocycles. The van der Waals surface area contributed by atoms with Gasteiger partial charge in [-0.1, -0.05) is 5.57 Å². The van der Waals surface area contributed by atoms with Crippen LogP contribution in [-0.4, -0.2) is 87.4 Å². The van der Waals surface area contributed by atoms with Gasteiger partial charge < -0.3 is 40.3 Å². The lowest BCUT2D eigenvalue weighted by atomic mass is 9.82. The van der Waals surface area contributed by atoms with Crippen LogP contribution in [0.3, 0.4) is 0 Å². The zero-order valence-electron chi connectivity index (χ0n) is 14.5. The number of amides is 1. The van der Waals surface area contributed by atoms with Gasteiger partial charge in [-0.3, -0.25) is 4.79 Å². The van der Waals surface area contributed by atoms with E-state index in [0.29, 0.717) is 5.57 Å². The van der Waals surface area contributed by atoms with E-state index in [-0.39, 0.29) is 5.57 Å². The number of hydrogen-bond acceptors (Lipinski definition) is 9. The maximum atomic E-state index is 12.1. The van der Waals surface area contributed by atoms with Gasteiger partial charge in [-0.2, -0.15) is 0 Å². The summed E-state index contributed by atoms with van der Waals surface area (Å²) in [6.45, 7) is 3.30. The first-order valence-electron chi connectivity index (χ1n) is 7.59. The minimum absolute atomic E-state index is 0.250. The topological polar surface area (TPSA) is 166 Å². The molecular formula is C15H25NO9. The Balaban J connectivity index is 3.46. The summed E-state index contributed by atoms with van der Waals surface area (Å²) in [6.07, 6.45) is -6.78. The largest absolute Gasteiger partial charge is 0.465 e. The number of esters is 1. The highest BCUT2D eigenvalue weighted by Gasteiger charge is 2.58. The molecule has 0 saturated carbocycles. The molecule has 1 rings (SSSR count). The van der Waals surface area contributed by atoms with Crippen molar-refractivity contribution in [2.45, 2.75) is 57.0 Å². The van der Waals surface area contributed by atoms with E-state index >= 15 is 0 Å². The minimum Gasteiger partial charge on any atom is -0.465 e. The van der Waals surface area contributed by atoms with E-state index in [2.05, 4.69) is 10.1 Å². The fourth-order valence-corrected chi connectivity index (χ4v) is 2.83. The third kappa shape index (κ3) is 4.17. The summed E-state index contributed by atoms with van der Waals surface area (Å²) in [7, 11) is 0.993. The number of nitrogens with one attached hydrogen (secondary N) is 1. The summed E-state index contributed by atoms with van der Waals surface area (Å²) in [5.74, 6) is -4.57. The van der Waals surface area contributed by atoms with Crippen molar-refractivity contribution in [3.8, 4) is 0 Å². The van der Waals surface area contributed by atoms with Crippen LogP contribution in [0.1, 0.15) is 20.8 Å². The molecule has 1 saturated heterocycles. The highest BCUT2D eigenvalue weighted by Crippen LogP contribution is 2.37. The normalized spacial score (nSPS) is 31.9. The van der Waals surface area contributed by atoms with E-state index in [0.717, 1.165) is 14.0 Å². The van der Waals surface area contributed by atoms with Gasteiger partial charge in [0.25, 0.3) is 5.79 Å². The number of ether oxygens (including phenoxy) is 2. The summed E-state index contributed by atoms with van der Waals surface area (Å²) in [5.41, 5.74) is 0.0754. The van der Waals surface area contributed by atoms with E-state index in [1.165, 1.54) is 13.8 Å². The lowest BCUT2D eigenvalue weighted by Crippen LogP contribution is -2.68. The number of rotatable bonds is 5. The Hall–Kier alpha value is -1.56. The molecule has 1 aliphatic rings. The summed E-state index contributed by atoms with van der Waals surface area (Å²) in [6, 6.07) is -1.30. The fraction of sp³-hybridized carbons (Fsp3) is 0.733. The second kappa shape index (κ2) is 8.21. The monoisotopic (exact) mass is 363 g/mol. The Morgan fingerprint density at radius 2 is 1.88 bits per heavy atom. The van der Waals surface area contributed by atoms with Gasteiger partial charge >= 0.3 is 5.97 Å². The van der Waals surface area contributed by atoms with E-state index in [1.807, 2.05) is 0 Å². The second-order valence-electron chi connectivity index (χ2n) is 6.04. The molecule has 0 radical (unpaired) electrons. The first-order chi connectivity index (χ1) is 11.5. The standard InChI is InChI=1S/C15H25NO9/c1-6(2)9-12(21)10(16-7(3)18)13(11(20)8(19)5-17)25-15(9,23)14(22)24-4/h8,10-13,17,19-21,23H,5H2,1-4H3,(H,16,18)/t8?,10-,11?,12+,13-,15?/m1/s1. The molecule has 3 unspecified atom stereocenters. The van der Waals surface area contributed by atoms with E-state index in [1.54, 1.807) is 0 Å². The van der Waals surface area contributed by atoms with E-state index < -0.39 is 54.7 Å². The number of carbonyl (C=O) groups is 2. The SMILES string of the molecule is COC(=O)C1(O)O[C@@H](C(O)C(O)CO)[C@H](NC(C)=O)[C@@H](O)C1=C(C)C. The number of hydrogen-bond donors (Lipinski definition) is 6. The molecule has 25 heavy (non-hydrogen) atoms. The van der Waals surface area contributed by atoms with Gasteiger partial charge in [-0.25, -0.2) is 4.79 Å². The third-order valence-electron chi connectivity index (χ3n) is 3.95. The Bertz CT molecular complexity index is 545. The van der Waals surface area contributed by atoms with Crippen LogP contribution in [0.25, 0.3) is 0 Å². The third-order valence-corrected chi connectivity index (χ3v) is 3.95.